The molecule has 5 nitrogen and oxygen atoms in total. The van der Waals surface area contributed by atoms with Crippen molar-refractivity contribution in [3.63, 3.8) is 0 Å². The van der Waals surface area contributed by atoms with Gasteiger partial charge in [-0.2, -0.15) is 4.74 Å². The van der Waals surface area contributed by atoms with Crippen LogP contribution in [0.5, 0.6) is 5.75 Å². The Hall–Kier alpha value is -3.14. The van der Waals surface area contributed by atoms with Crippen LogP contribution in [-0.2, 0) is 4.74 Å². The maximum absolute atomic E-state index is 12.8. The SMILES string of the molecule is C=CCC(C)(C(O)c1ccc(OC)cc1)P(=NC(=O)OC)(c1ccccc1)c1ccccc1. The molecule has 0 saturated carbocycles. The highest BCUT2D eigenvalue weighted by Gasteiger charge is 2.49. The molecule has 33 heavy (non-hydrogen) atoms. The van der Waals surface area contributed by atoms with Gasteiger partial charge in [0, 0.05) is 12.2 Å². The zero-order valence-electron chi connectivity index (χ0n) is 19.2. The number of nitrogens with zero attached hydrogens (tertiary/aromatic N) is 1. The van der Waals surface area contributed by atoms with Gasteiger partial charge in [0.1, 0.15) is 5.75 Å². The number of amides is 1. The summed E-state index contributed by atoms with van der Waals surface area (Å²) in [5, 5.41) is 12.7. The van der Waals surface area contributed by atoms with E-state index in [1.54, 1.807) is 13.2 Å². The Kier molecular flexibility index (Phi) is 7.91. The molecule has 1 amide bonds. The second-order valence-corrected chi connectivity index (χ2v) is 11.4. The van der Waals surface area contributed by atoms with Crippen molar-refractivity contribution in [1.29, 1.82) is 0 Å². The summed E-state index contributed by atoms with van der Waals surface area (Å²) >= 11 is 0. The molecule has 0 fully saturated rings. The minimum absolute atomic E-state index is 0.415. The van der Waals surface area contributed by atoms with Crippen molar-refractivity contribution in [2.45, 2.75) is 24.6 Å². The summed E-state index contributed by atoms with van der Waals surface area (Å²) < 4.78 is 15.1. The van der Waals surface area contributed by atoms with E-state index in [0.717, 1.165) is 10.6 Å². The molecule has 2 atom stereocenters. The lowest BCUT2D eigenvalue weighted by molar-refractivity contribution is 0.134. The third-order valence-electron chi connectivity index (χ3n) is 5.98. The van der Waals surface area contributed by atoms with Gasteiger partial charge in [-0.3, -0.25) is 0 Å². The number of rotatable bonds is 8. The minimum atomic E-state index is -2.95. The van der Waals surface area contributed by atoms with E-state index >= 15 is 0 Å². The third kappa shape index (κ3) is 4.66. The number of benzene rings is 3. The van der Waals surface area contributed by atoms with Gasteiger partial charge in [-0.15, -0.1) is 6.58 Å². The van der Waals surface area contributed by atoms with E-state index in [1.807, 2.05) is 91.9 Å². The van der Waals surface area contributed by atoms with Crippen molar-refractivity contribution in [3.8, 4) is 5.75 Å². The standard InChI is InChI=1S/C27H30NO4P/c1-5-20-27(2,25(29)21-16-18-22(31-3)19-17-21)33(28-26(30)32-4,23-12-8-6-9-13-23)24-14-10-7-11-15-24/h5-19,25,29H,1,20H2,2-4H3. The van der Waals surface area contributed by atoms with E-state index in [9.17, 15) is 9.90 Å². The van der Waals surface area contributed by atoms with E-state index < -0.39 is 24.4 Å². The summed E-state index contributed by atoms with van der Waals surface area (Å²) in [6, 6.07) is 26.7. The molecule has 0 aliphatic heterocycles. The van der Waals surface area contributed by atoms with Crippen LogP contribution in [0.3, 0.4) is 0 Å². The van der Waals surface area contributed by atoms with Crippen molar-refractivity contribution >= 4 is 23.8 Å². The Morgan fingerprint density at radius 2 is 1.52 bits per heavy atom. The summed E-state index contributed by atoms with van der Waals surface area (Å²) in [5.41, 5.74) is 0.705. The predicted molar refractivity (Wildman–Crippen MR) is 135 cm³/mol. The van der Waals surface area contributed by atoms with Gasteiger partial charge in [-0.05, 0) is 34.7 Å². The summed E-state index contributed by atoms with van der Waals surface area (Å²) in [6.07, 6.45) is 0.565. The van der Waals surface area contributed by atoms with Gasteiger partial charge in [0.15, 0.2) is 0 Å². The van der Waals surface area contributed by atoms with Gasteiger partial charge in [-0.1, -0.05) is 85.8 Å². The fraction of sp³-hybridized carbons (Fsp3) is 0.222. The van der Waals surface area contributed by atoms with Gasteiger partial charge in [-0.25, -0.2) is 4.79 Å². The average molecular weight is 464 g/mol. The van der Waals surface area contributed by atoms with Gasteiger partial charge in [0.05, 0.1) is 20.3 Å². The largest absolute Gasteiger partial charge is 0.497 e. The second kappa shape index (κ2) is 10.7. The van der Waals surface area contributed by atoms with Crippen LogP contribution in [0.1, 0.15) is 25.0 Å². The van der Waals surface area contributed by atoms with Crippen LogP contribution in [0.4, 0.5) is 4.79 Å². The number of hydrogen-bond donors (Lipinski definition) is 1. The maximum Gasteiger partial charge on any atom is 0.432 e. The molecule has 0 spiro atoms. The number of aliphatic hydroxyl groups is 1. The Labute approximate surface area is 195 Å². The van der Waals surface area contributed by atoms with Crippen molar-refractivity contribution in [2.24, 2.45) is 4.74 Å². The van der Waals surface area contributed by atoms with E-state index in [1.165, 1.54) is 7.11 Å². The zero-order chi connectivity index (χ0) is 23.9. The number of aliphatic hydroxyl groups excluding tert-OH is 1. The number of methoxy groups -OCH3 is 2. The fourth-order valence-electron chi connectivity index (χ4n) is 4.28. The summed E-state index contributed by atoms with van der Waals surface area (Å²) in [7, 11) is -0.0328. The first-order valence-electron chi connectivity index (χ1n) is 10.7. The smallest absolute Gasteiger partial charge is 0.432 e. The van der Waals surface area contributed by atoms with Gasteiger partial charge in [0.25, 0.3) is 0 Å². The molecule has 0 aliphatic carbocycles. The first kappa shape index (κ1) is 24.5. The lowest BCUT2D eigenvalue weighted by atomic mass is 9.93. The van der Waals surface area contributed by atoms with Crippen LogP contribution in [0.25, 0.3) is 0 Å². The molecule has 3 aromatic carbocycles. The fourth-order valence-corrected chi connectivity index (χ4v) is 8.64. The molecule has 0 aromatic heterocycles. The summed E-state index contributed by atoms with van der Waals surface area (Å²) in [4.78, 5) is 12.8. The highest BCUT2D eigenvalue weighted by molar-refractivity contribution is 7.82. The second-order valence-electron chi connectivity index (χ2n) is 7.90. The minimum Gasteiger partial charge on any atom is -0.497 e. The zero-order valence-corrected chi connectivity index (χ0v) is 20.1. The first-order valence-corrected chi connectivity index (χ1v) is 12.4. The van der Waals surface area contributed by atoms with Crippen LogP contribution >= 0.6 is 7.05 Å². The van der Waals surface area contributed by atoms with Crippen LogP contribution in [0.2, 0.25) is 0 Å². The topological polar surface area (TPSA) is 68.1 Å². The number of carbonyl (C=O) groups excluding carboxylic acids is 1. The highest BCUT2D eigenvalue weighted by Crippen LogP contribution is 2.65. The third-order valence-corrected chi connectivity index (χ3v) is 10.4. The number of ether oxygens (including phenoxy) is 2. The molecule has 1 N–H and O–H groups in total. The lowest BCUT2D eigenvalue weighted by Crippen LogP contribution is -2.41. The molecule has 0 bridgehead atoms. The molecular weight excluding hydrogens is 433 g/mol. The molecule has 0 saturated heterocycles. The van der Waals surface area contributed by atoms with E-state index in [-0.39, 0.29) is 0 Å². The van der Waals surface area contributed by atoms with Crippen LogP contribution in [-0.4, -0.2) is 30.6 Å². The summed E-state index contributed by atoms with van der Waals surface area (Å²) in [5.74, 6) is 0.697. The maximum atomic E-state index is 12.8. The van der Waals surface area contributed by atoms with E-state index in [0.29, 0.717) is 17.7 Å². The molecule has 0 aliphatic rings. The Balaban J connectivity index is 2.41. The monoisotopic (exact) mass is 463 g/mol. The average Bonchev–Trinajstić information content (AvgIpc) is 2.87. The Morgan fingerprint density at radius 3 is 1.94 bits per heavy atom. The van der Waals surface area contributed by atoms with E-state index in [2.05, 4.69) is 6.58 Å². The van der Waals surface area contributed by atoms with Gasteiger partial charge >= 0.3 is 6.09 Å². The number of allylic oxidation sites excluding steroid dienone is 1. The number of carbonyl (C=O) groups is 1. The number of hydrogen-bond acceptors (Lipinski definition) is 4. The first-order chi connectivity index (χ1) is 15.9. The molecule has 3 aromatic rings. The molecule has 172 valence electrons. The molecular formula is C27H30NO4P. The van der Waals surface area contributed by atoms with Gasteiger partial charge in [0.2, 0.25) is 0 Å². The molecule has 6 heteroatoms. The predicted octanol–water partition coefficient (Wildman–Crippen LogP) is 5.68. The van der Waals surface area contributed by atoms with Crippen molar-refractivity contribution < 1.29 is 19.4 Å². The highest BCUT2D eigenvalue weighted by atomic mass is 31.2. The van der Waals surface area contributed by atoms with E-state index in [4.69, 9.17) is 14.2 Å². The lowest BCUT2D eigenvalue weighted by Gasteiger charge is -2.45. The van der Waals surface area contributed by atoms with Crippen LogP contribution < -0.4 is 15.3 Å². The summed E-state index contributed by atoms with van der Waals surface area (Å²) in [6.45, 7) is 5.95. The normalized spacial score (nSPS) is 13.9. The molecule has 2 unspecified atom stereocenters. The molecule has 0 radical (unpaired) electrons. The Morgan fingerprint density at radius 1 is 1.00 bits per heavy atom. The van der Waals surface area contributed by atoms with Crippen LogP contribution in [0, 0.1) is 0 Å². The molecule has 3 rings (SSSR count). The Bertz CT molecular complexity index is 1090. The van der Waals surface area contributed by atoms with Crippen molar-refractivity contribution in [1.82, 2.24) is 0 Å². The molecule has 0 heterocycles. The van der Waals surface area contributed by atoms with Crippen LogP contribution in [0.15, 0.2) is 102 Å². The van der Waals surface area contributed by atoms with Crippen molar-refractivity contribution in [3.05, 3.63) is 103 Å². The van der Waals surface area contributed by atoms with Gasteiger partial charge < -0.3 is 14.6 Å². The quantitative estimate of drug-likeness (QED) is 0.345. The van der Waals surface area contributed by atoms with Crippen molar-refractivity contribution in [2.75, 3.05) is 14.2 Å².